The summed E-state index contributed by atoms with van der Waals surface area (Å²) in [4.78, 5) is 23.4. The third-order valence-corrected chi connectivity index (χ3v) is 4.59. The minimum absolute atomic E-state index is 0.102. The second kappa shape index (κ2) is 8.57. The summed E-state index contributed by atoms with van der Waals surface area (Å²) in [6.07, 6.45) is 2.18. The molecule has 2 aromatic rings. The van der Waals surface area contributed by atoms with Gasteiger partial charge in [-0.1, -0.05) is 42.5 Å². The summed E-state index contributed by atoms with van der Waals surface area (Å²) < 4.78 is 10.7. The molecule has 0 bridgehead atoms. The Labute approximate surface area is 164 Å². The number of fused-ring (bicyclic) bond motifs is 1. The van der Waals surface area contributed by atoms with E-state index >= 15 is 0 Å². The van der Waals surface area contributed by atoms with Crippen LogP contribution in [0.5, 0.6) is 5.75 Å². The molecule has 0 aliphatic heterocycles. The molecule has 0 unspecified atom stereocenters. The smallest absolute Gasteiger partial charge is 0.344 e. The van der Waals surface area contributed by atoms with Gasteiger partial charge in [0.05, 0.1) is 13.0 Å². The van der Waals surface area contributed by atoms with E-state index in [2.05, 4.69) is 6.08 Å². The molecule has 0 radical (unpaired) electrons. The number of rotatable bonds is 7. The molecular formula is C23H23NO4. The van der Waals surface area contributed by atoms with Crippen molar-refractivity contribution < 1.29 is 19.1 Å². The minimum Gasteiger partial charge on any atom is -0.481 e. The van der Waals surface area contributed by atoms with Crippen molar-refractivity contribution in [3.05, 3.63) is 70.8 Å². The Balaban J connectivity index is 2.05. The van der Waals surface area contributed by atoms with Crippen molar-refractivity contribution in [2.75, 3.05) is 13.2 Å². The van der Waals surface area contributed by atoms with Crippen LogP contribution in [-0.4, -0.2) is 25.1 Å². The van der Waals surface area contributed by atoms with Gasteiger partial charge in [-0.25, -0.2) is 4.79 Å². The number of nitrogens with two attached hydrogens (primary N) is 1. The molecule has 0 atom stereocenters. The number of allylic oxidation sites excluding steroid dienone is 2. The van der Waals surface area contributed by atoms with Crippen LogP contribution >= 0.6 is 0 Å². The maximum absolute atomic E-state index is 11.7. The maximum atomic E-state index is 11.7. The molecule has 1 aliphatic rings. The molecule has 144 valence electrons. The standard InChI is InChI=1S/C23H23NO4/c1-3-27-22(26)14-28-20-11-7-10-17-18(12-16-8-5-4-6-9-16)15(2)19(23(17)20)13-21(24)25/h4-12H,3,13-14H2,1-2H3,(H2,24,25)/b18-12-. The molecule has 0 saturated carbocycles. The zero-order valence-electron chi connectivity index (χ0n) is 16.0. The lowest BCUT2D eigenvalue weighted by molar-refractivity contribution is -0.145. The lowest BCUT2D eigenvalue weighted by Crippen LogP contribution is -2.15. The van der Waals surface area contributed by atoms with E-state index in [0.717, 1.165) is 33.4 Å². The number of primary amides is 1. The van der Waals surface area contributed by atoms with Crippen molar-refractivity contribution in [2.24, 2.45) is 5.73 Å². The highest BCUT2D eigenvalue weighted by Gasteiger charge is 2.28. The van der Waals surface area contributed by atoms with Crippen LogP contribution in [-0.2, 0) is 14.3 Å². The molecule has 0 spiro atoms. The fourth-order valence-electron chi connectivity index (χ4n) is 3.38. The van der Waals surface area contributed by atoms with Gasteiger partial charge in [0.1, 0.15) is 5.75 Å². The summed E-state index contributed by atoms with van der Waals surface area (Å²) in [6.45, 7) is 3.83. The fraction of sp³-hybridized carbons (Fsp3) is 0.217. The Hall–Kier alpha value is -3.34. The van der Waals surface area contributed by atoms with E-state index in [4.69, 9.17) is 15.2 Å². The summed E-state index contributed by atoms with van der Waals surface area (Å²) in [5, 5.41) is 0. The quantitative estimate of drug-likeness (QED) is 0.744. The van der Waals surface area contributed by atoms with Crippen molar-refractivity contribution >= 4 is 29.1 Å². The summed E-state index contributed by atoms with van der Waals surface area (Å²) in [5.41, 5.74) is 11.1. The molecule has 0 fully saturated rings. The normalized spacial score (nSPS) is 14.1. The van der Waals surface area contributed by atoms with Crippen LogP contribution in [0.15, 0.2) is 54.1 Å². The van der Waals surface area contributed by atoms with E-state index in [1.165, 1.54) is 0 Å². The van der Waals surface area contributed by atoms with Gasteiger partial charge in [0, 0.05) is 5.56 Å². The van der Waals surface area contributed by atoms with Gasteiger partial charge in [-0.2, -0.15) is 0 Å². The molecule has 28 heavy (non-hydrogen) atoms. The highest BCUT2D eigenvalue weighted by atomic mass is 16.6. The van der Waals surface area contributed by atoms with Crippen LogP contribution in [0, 0.1) is 0 Å². The van der Waals surface area contributed by atoms with Crippen molar-refractivity contribution in [3.63, 3.8) is 0 Å². The first kappa shape index (κ1) is 19.4. The number of carbonyl (C=O) groups excluding carboxylic acids is 2. The first-order valence-electron chi connectivity index (χ1n) is 9.18. The maximum Gasteiger partial charge on any atom is 0.344 e. The Bertz CT molecular complexity index is 958. The second-order valence-corrected chi connectivity index (χ2v) is 6.49. The monoisotopic (exact) mass is 377 g/mol. The molecule has 3 rings (SSSR count). The van der Waals surface area contributed by atoms with Gasteiger partial charge in [-0.3, -0.25) is 4.79 Å². The van der Waals surface area contributed by atoms with Crippen LogP contribution in [0.25, 0.3) is 17.2 Å². The Kier molecular flexibility index (Phi) is 5.94. The SMILES string of the molecule is CCOC(=O)COc1cccc2c1C(CC(N)=O)=C(C)/C2=C/c1ccccc1. The van der Waals surface area contributed by atoms with Crippen molar-refractivity contribution in [3.8, 4) is 5.75 Å². The van der Waals surface area contributed by atoms with Crippen LogP contribution in [0.1, 0.15) is 37.0 Å². The molecule has 5 nitrogen and oxygen atoms in total. The molecule has 0 aromatic heterocycles. The molecule has 0 heterocycles. The first-order valence-corrected chi connectivity index (χ1v) is 9.18. The molecule has 2 N–H and O–H groups in total. The Morgan fingerprint density at radius 1 is 1.07 bits per heavy atom. The van der Waals surface area contributed by atoms with E-state index in [1.54, 1.807) is 13.0 Å². The molecule has 5 heteroatoms. The van der Waals surface area contributed by atoms with Crippen molar-refractivity contribution in [1.29, 1.82) is 0 Å². The van der Waals surface area contributed by atoms with E-state index in [1.807, 2.05) is 49.4 Å². The number of amides is 1. The fourth-order valence-corrected chi connectivity index (χ4v) is 3.38. The number of hydrogen-bond acceptors (Lipinski definition) is 4. The molecular weight excluding hydrogens is 354 g/mol. The number of esters is 1. The summed E-state index contributed by atoms with van der Waals surface area (Å²) >= 11 is 0. The van der Waals surface area contributed by atoms with Crippen molar-refractivity contribution in [1.82, 2.24) is 0 Å². The van der Waals surface area contributed by atoms with Crippen LogP contribution < -0.4 is 10.5 Å². The largest absolute Gasteiger partial charge is 0.481 e. The average Bonchev–Trinajstić information content (AvgIpc) is 2.93. The van der Waals surface area contributed by atoms with Crippen LogP contribution in [0.2, 0.25) is 0 Å². The third kappa shape index (κ3) is 4.14. The van der Waals surface area contributed by atoms with Crippen LogP contribution in [0.3, 0.4) is 0 Å². The van der Waals surface area contributed by atoms with E-state index < -0.39 is 11.9 Å². The van der Waals surface area contributed by atoms with Gasteiger partial charge >= 0.3 is 5.97 Å². The lowest BCUT2D eigenvalue weighted by atomic mass is 10.00. The van der Waals surface area contributed by atoms with Gasteiger partial charge in [-0.05, 0) is 53.8 Å². The highest BCUT2D eigenvalue weighted by molar-refractivity contribution is 6.09. The van der Waals surface area contributed by atoms with Gasteiger partial charge in [0.15, 0.2) is 6.61 Å². The average molecular weight is 377 g/mol. The number of ether oxygens (including phenoxy) is 2. The lowest BCUT2D eigenvalue weighted by Gasteiger charge is -2.13. The predicted octanol–water partition coefficient (Wildman–Crippen LogP) is 3.83. The number of hydrogen-bond donors (Lipinski definition) is 1. The zero-order chi connectivity index (χ0) is 20.1. The molecule has 2 aromatic carbocycles. The molecule has 1 aliphatic carbocycles. The van der Waals surface area contributed by atoms with Gasteiger partial charge in [0.25, 0.3) is 0 Å². The minimum atomic E-state index is -0.435. The zero-order valence-corrected chi connectivity index (χ0v) is 16.0. The first-order chi connectivity index (χ1) is 13.5. The Morgan fingerprint density at radius 3 is 2.50 bits per heavy atom. The highest BCUT2D eigenvalue weighted by Crippen LogP contribution is 2.47. The van der Waals surface area contributed by atoms with Crippen LogP contribution in [0.4, 0.5) is 0 Å². The summed E-state index contributed by atoms with van der Waals surface area (Å²) in [7, 11) is 0. The van der Waals surface area contributed by atoms with Gasteiger partial charge in [-0.15, -0.1) is 0 Å². The summed E-state index contributed by atoms with van der Waals surface area (Å²) in [5.74, 6) is -0.311. The second-order valence-electron chi connectivity index (χ2n) is 6.49. The number of benzene rings is 2. The van der Waals surface area contributed by atoms with E-state index in [9.17, 15) is 9.59 Å². The summed E-state index contributed by atoms with van der Waals surface area (Å²) in [6, 6.07) is 15.6. The third-order valence-electron chi connectivity index (χ3n) is 4.59. The molecule has 0 saturated heterocycles. The van der Waals surface area contributed by atoms with Gasteiger partial charge in [0.2, 0.25) is 5.91 Å². The Morgan fingerprint density at radius 2 is 1.82 bits per heavy atom. The van der Waals surface area contributed by atoms with Crippen molar-refractivity contribution in [2.45, 2.75) is 20.3 Å². The van der Waals surface area contributed by atoms with Gasteiger partial charge < -0.3 is 15.2 Å². The van der Waals surface area contributed by atoms with E-state index in [0.29, 0.717) is 12.4 Å². The number of carbonyl (C=O) groups is 2. The topological polar surface area (TPSA) is 78.6 Å². The predicted molar refractivity (Wildman–Crippen MR) is 109 cm³/mol. The van der Waals surface area contributed by atoms with E-state index in [-0.39, 0.29) is 13.0 Å². The molecule has 1 amide bonds.